The monoisotopic (exact) mass is 422 g/mol. The van der Waals surface area contributed by atoms with Gasteiger partial charge in [0.25, 0.3) is 5.91 Å². The first-order valence-electron chi connectivity index (χ1n) is 11.6. The number of rotatable bonds is 10. The van der Waals surface area contributed by atoms with E-state index >= 15 is 0 Å². The molecule has 0 aliphatic carbocycles. The summed E-state index contributed by atoms with van der Waals surface area (Å²) in [6, 6.07) is 19.2. The molecule has 2 aromatic carbocycles. The molecule has 1 fully saturated rings. The largest absolute Gasteiger partial charge is 0.351 e. The first-order chi connectivity index (χ1) is 15.0. The van der Waals surface area contributed by atoms with Crippen LogP contribution in [0.4, 0.5) is 0 Å². The van der Waals surface area contributed by atoms with Crippen LogP contribution in [0.2, 0.25) is 0 Å². The maximum Gasteiger partial charge on any atom is 0.251 e. The Labute approximate surface area is 188 Å². The molecule has 5 nitrogen and oxygen atoms in total. The van der Waals surface area contributed by atoms with Gasteiger partial charge in [-0.05, 0) is 43.7 Å². The molecule has 0 saturated carbocycles. The number of nitrogens with one attached hydrogen (secondary N) is 1. The molecule has 1 heterocycles. The molecule has 0 bridgehead atoms. The minimum Gasteiger partial charge on any atom is -0.351 e. The molecule has 2 aromatic rings. The van der Waals surface area contributed by atoms with E-state index in [0.29, 0.717) is 12.6 Å². The fourth-order valence-electron chi connectivity index (χ4n) is 4.10. The highest BCUT2D eigenvalue weighted by Crippen LogP contribution is 2.11. The van der Waals surface area contributed by atoms with Crippen LogP contribution in [-0.4, -0.2) is 72.5 Å². The summed E-state index contributed by atoms with van der Waals surface area (Å²) < 4.78 is 0. The Bertz CT molecular complexity index is 783. The summed E-state index contributed by atoms with van der Waals surface area (Å²) in [7, 11) is 0. The van der Waals surface area contributed by atoms with E-state index in [9.17, 15) is 4.79 Å². The van der Waals surface area contributed by atoms with Gasteiger partial charge in [0.15, 0.2) is 0 Å². The normalized spacial score (nSPS) is 15.5. The van der Waals surface area contributed by atoms with Gasteiger partial charge in [-0.1, -0.05) is 49.4 Å². The van der Waals surface area contributed by atoms with Gasteiger partial charge in [0, 0.05) is 64.0 Å². The summed E-state index contributed by atoms with van der Waals surface area (Å²) in [5, 5.41) is 3.08. The van der Waals surface area contributed by atoms with E-state index in [4.69, 9.17) is 0 Å². The Hall–Kier alpha value is -2.21. The summed E-state index contributed by atoms with van der Waals surface area (Å²) in [5.41, 5.74) is 3.37. The van der Waals surface area contributed by atoms with Crippen molar-refractivity contribution < 1.29 is 4.79 Å². The molecule has 168 valence electrons. The Morgan fingerprint density at radius 3 is 2.19 bits per heavy atom. The molecular weight excluding hydrogens is 384 g/mol. The molecule has 0 aromatic heterocycles. The lowest BCUT2D eigenvalue weighted by Crippen LogP contribution is -2.48. The number of amides is 1. The summed E-state index contributed by atoms with van der Waals surface area (Å²) in [6.45, 7) is 15.5. The van der Waals surface area contributed by atoms with Crippen LogP contribution in [0.25, 0.3) is 0 Å². The molecule has 0 unspecified atom stereocenters. The highest BCUT2D eigenvalue weighted by atomic mass is 16.1. The van der Waals surface area contributed by atoms with Crippen LogP contribution in [0.1, 0.15) is 42.3 Å². The van der Waals surface area contributed by atoms with Gasteiger partial charge in [0.2, 0.25) is 0 Å². The third-order valence-corrected chi connectivity index (χ3v) is 6.17. The Morgan fingerprint density at radius 2 is 1.58 bits per heavy atom. The van der Waals surface area contributed by atoms with Gasteiger partial charge in [-0.2, -0.15) is 0 Å². The standard InChI is InChI=1S/C26H38N4O/c1-4-30(22(2)3)21-24-10-12-25(13-11-24)26(31)27-14-15-28-16-18-29(19-17-28)20-23-8-6-5-7-9-23/h5-13,22H,4,14-21H2,1-3H3,(H,27,31). The second-order valence-corrected chi connectivity index (χ2v) is 8.71. The fraction of sp³-hybridized carbons (Fsp3) is 0.500. The zero-order valence-electron chi connectivity index (χ0n) is 19.4. The molecule has 1 aliphatic rings. The maximum atomic E-state index is 12.5. The van der Waals surface area contributed by atoms with E-state index in [1.807, 2.05) is 12.1 Å². The van der Waals surface area contributed by atoms with E-state index in [-0.39, 0.29) is 5.91 Å². The van der Waals surface area contributed by atoms with Crippen molar-refractivity contribution in [2.24, 2.45) is 0 Å². The predicted octanol–water partition coefficient (Wildman–Crippen LogP) is 3.46. The maximum absolute atomic E-state index is 12.5. The van der Waals surface area contributed by atoms with Gasteiger partial charge in [-0.25, -0.2) is 0 Å². The third kappa shape index (κ3) is 7.46. The Balaban J connectivity index is 1.36. The van der Waals surface area contributed by atoms with Crippen LogP contribution in [0.15, 0.2) is 54.6 Å². The molecule has 0 spiro atoms. The highest BCUT2D eigenvalue weighted by molar-refractivity contribution is 5.94. The average molecular weight is 423 g/mol. The molecule has 0 atom stereocenters. The van der Waals surface area contributed by atoms with E-state index in [2.05, 4.69) is 83.3 Å². The van der Waals surface area contributed by atoms with Crippen molar-refractivity contribution in [2.75, 3.05) is 45.8 Å². The summed E-state index contributed by atoms with van der Waals surface area (Å²) in [6.07, 6.45) is 0. The van der Waals surface area contributed by atoms with Crippen molar-refractivity contribution in [3.05, 3.63) is 71.3 Å². The van der Waals surface area contributed by atoms with Gasteiger partial charge in [0.05, 0.1) is 0 Å². The number of nitrogens with zero attached hydrogens (tertiary/aromatic N) is 3. The number of hydrogen-bond donors (Lipinski definition) is 1. The molecule has 1 saturated heterocycles. The lowest BCUT2D eigenvalue weighted by Gasteiger charge is -2.34. The predicted molar refractivity (Wildman–Crippen MR) is 128 cm³/mol. The lowest BCUT2D eigenvalue weighted by atomic mass is 10.1. The molecule has 1 N–H and O–H groups in total. The Morgan fingerprint density at radius 1 is 0.935 bits per heavy atom. The van der Waals surface area contributed by atoms with Crippen LogP contribution < -0.4 is 5.32 Å². The van der Waals surface area contributed by atoms with Crippen LogP contribution >= 0.6 is 0 Å². The first kappa shape index (κ1) is 23.5. The average Bonchev–Trinajstić information content (AvgIpc) is 2.79. The summed E-state index contributed by atoms with van der Waals surface area (Å²) in [4.78, 5) is 19.8. The number of benzene rings is 2. The Kier molecular flexibility index (Phi) is 9.07. The quantitative estimate of drug-likeness (QED) is 0.636. The molecule has 3 rings (SSSR count). The van der Waals surface area contributed by atoms with Crippen LogP contribution in [0.5, 0.6) is 0 Å². The van der Waals surface area contributed by atoms with Gasteiger partial charge >= 0.3 is 0 Å². The molecule has 0 radical (unpaired) electrons. The lowest BCUT2D eigenvalue weighted by molar-refractivity contribution is 0.0934. The van der Waals surface area contributed by atoms with Crippen molar-refractivity contribution in [1.82, 2.24) is 20.0 Å². The SMILES string of the molecule is CCN(Cc1ccc(C(=O)NCCN2CCN(Cc3ccccc3)CC2)cc1)C(C)C. The first-order valence-corrected chi connectivity index (χ1v) is 11.6. The summed E-state index contributed by atoms with van der Waals surface area (Å²) >= 11 is 0. The minimum atomic E-state index is 0.0190. The van der Waals surface area contributed by atoms with E-state index in [1.165, 1.54) is 11.1 Å². The number of carbonyl (C=O) groups excluding carboxylic acids is 1. The number of piperazine rings is 1. The van der Waals surface area contributed by atoms with Crippen molar-refractivity contribution in [1.29, 1.82) is 0 Å². The molecular formula is C26H38N4O. The third-order valence-electron chi connectivity index (χ3n) is 6.17. The molecule has 31 heavy (non-hydrogen) atoms. The van der Waals surface area contributed by atoms with Crippen LogP contribution in [0.3, 0.4) is 0 Å². The number of carbonyl (C=O) groups is 1. The van der Waals surface area contributed by atoms with Crippen molar-refractivity contribution in [2.45, 2.75) is 39.9 Å². The van der Waals surface area contributed by atoms with E-state index < -0.39 is 0 Å². The zero-order chi connectivity index (χ0) is 22.1. The van der Waals surface area contributed by atoms with Gasteiger partial charge < -0.3 is 5.32 Å². The zero-order valence-corrected chi connectivity index (χ0v) is 19.4. The minimum absolute atomic E-state index is 0.0190. The van der Waals surface area contributed by atoms with E-state index in [1.54, 1.807) is 0 Å². The fourth-order valence-corrected chi connectivity index (χ4v) is 4.10. The second kappa shape index (κ2) is 12.0. The number of hydrogen-bond acceptors (Lipinski definition) is 4. The smallest absolute Gasteiger partial charge is 0.251 e. The van der Waals surface area contributed by atoms with E-state index in [0.717, 1.165) is 57.9 Å². The molecule has 5 heteroatoms. The molecule has 1 aliphatic heterocycles. The van der Waals surface area contributed by atoms with Crippen molar-refractivity contribution in [3.63, 3.8) is 0 Å². The van der Waals surface area contributed by atoms with Gasteiger partial charge in [0.1, 0.15) is 0 Å². The summed E-state index contributed by atoms with van der Waals surface area (Å²) in [5.74, 6) is 0.0190. The van der Waals surface area contributed by atoms with Gasteiger partial charge in [-0.15, -0.1) is 0 Å². The van der Waals surface area contributed by atoms with Crippen molar-refractivity contribution in [3.8, 4) is 0 Å². The van der Waals surface area contributed by atoms with Crippen molar-refractivity contribution >= 4 is 5.91 Å². The molecule has 1 amide bonds. The van der Waals surface area contributed by atoms with Crippen LogP contribution in [-0.2, 0) is 13.1 Å². The topological polar surface area (TPSA) is 38.8 Å². The van der Waals surface area contributed by atoms with Crippen LogP contribution in [0, 0.1) is 0 Å². The highest BCUT2D eigenvalue weighted by Gasteiger charge is 2.17. The second-order valence-electron chi connectivity index (χ2n) is 8.71. The van der Waals surface area contributed by atoms with Gasteiger partial charge in [-0.3, -0.25) is 19.5 Å².